The second-order valence-electron chi connectivity index (χ2n) is 6.82. The fourth-order valence-electron chi connectivity index (χ4n) is 3.04. The molecule has 0 aliphatic heterocycles. The van der Waals surface area contributed by atoms with Gasteiger partial charge in [0.25, 0.3) is 5.91 Å². The Bertz CT molecular complexity index is 1110. The molecule has 0 N–H and O–H groups in total. The van der Waals surface area contributed by atoms with Crippen LogP contribution in [0.15, 0.2) is 47.4 Å². The van der Waals surface area contributed by atoms with E-state index in [1.807, 2.05) is 6.07 Å². The van der Waals surface area contributed by atoms with Gasteiger partial charge < -0.3 is 4.90 Å². The first-order valence-electron chi connectivity index (χ1n) is 9.57. The Labute approximate surface area is 189 Å². The number of halogens is 4. The summed E-state index contributed by atoms with van der Waals surface area (Å²) in [5.74, 6) is -1.00. The van der Waals surface area contributed by atoms with Crippen LogP contribution in [0.1, 0.15) is 35.3 Å². The molecule has 0 aliphatic carbocycles. The lowest BCUT2D eigenvalue weighted by atomic mass is 10.1. The molecule has 0 bridgehead atoms. The summed E-state index contributed by atoms with van der Waals surface area (Å²) in [5, 5.41) is 8.73. The zero-order valence-electron chi connectivity index (χ0n) is 17.4. The molecular formula is C21H21ClF3N3O3S. The Morgan fingerprint density at radius 3 is 2.19 bits per heavy atom. The second-order valence-corrected chi connectivity index (χ2v) is 9.13. The van der Waals surface area contributed by atoms with Crippen molar-refractivity contribution in [1.29, 1.82) is 5.26 Å². The minimum Gasteiger partial charge on any atom is -0.325 e. The van der Waals surface area contributed by atoms with Gasteiger partial charge >= 0.3 is 6.18 Å². The average molecular weight is 488 g/mol. The van der Waals surface area contributed by atoms with Gasteiger partial charge in [0, 0.05) is 25.2 Å². The maximum atomic E-state index is 13.2. The van der Waals surface area contributed by atoms with Crippen LogP contribution in [0.5, 0.6) is 0 Å². The second kappa shape index (κ2) is 10.3. The third kappa shape index (κ3) is 6.22. The average Bonchev–Trinajstić information content (AvgIpc) is 2.73. The third-order valence-corrected chi connectivity index (χ3v) is 7.15. The number of nitrogens with zero attached hydrogens (tertiary/aromatic N) is 3. The molecule has 1 amide bonds. The minimum atomic E-state index is -4.68. The number of alkyl halides is 3. The number of hydrogen-bond donors (Lipinski definition) is 0. The fourth-order valence-corrected chi connectivity index (χ4v) is 5.00. The van der Waals surface area contributed by atoms with Gasteiger partial charge in [-0.15, -0.1) is 0 Å². The molecule has 6 nitrogen and oxygen atoms in total. The molecule has 0 saturated heterocycles. The lowest BCUT2D eigenvalue weighted by Crippen LogP contribution is -2.38. The first-order chi connectivity index (χ1) is 14.9. The summed E-state index contributed by atoms with van der Waals surface area (Å²) >= 11 is 6.05. The molecule has 0 fully saturated rings. The maximum absolute atomic E-state index is 13.2. The number of nitriles is 1. The van der Waals surface area contributed by atoms with E-state index in [0.29, 0.717) is 16.0 Å². The van der Waals surface area contributed by atoms with Gasteiger partial charge in [-0.2, -0.15) is 22.7 Å². The van der Waals surface area contributed by atoms with Gasteiger partial charge in [-0.1, -0.05) is 37.6 Å². The molecule has 11 heteroatoms. The normalized spacial score (nSPS) is 11.9. The van der Waals surface area contributed by atoms with E-state index in [4.69, 9.17) is 16.9 Å². The summed E-state index contributed by atoms with van der Waals surface area (Å²) < 4.78 is 66.4. The van der Waals surface area contributed by atoms with E-state index in [-0.39, 0.29) is 35.1 Å². The van der Waals surface area contributed by atoms with Crippen LogP contribution >= 0.6 is 11.6 Å². The minimum absolute atomic E-state index is 0.136. The van der Waals surface area contributed by atoms with Gasteiger partial charge in [0.2, 0.25) is 10.0 Å². The van der Waals surface area contributed by atoms with E-state index < -0.39 is 28.7 Å². The first-order valence-corrected chi connectivity index (χ1v) is 11.4. The van der Waals surface area contributed by atoms with E-state index >= 15 is 0 Å². The van der Waals surface area contributed by atoms with Crippen LogP contribution in [0.2, 0.25) is 5.02 Å². The molecule has 0 spiro atoms. The topological polar surface area (TPSA) is 81.5 Å². The predicted octanol–water partition coefficient (Wildman–Crippen LogP) is 4.45. The summed E-state index contributed by atoms with van der Waals surface area (Å²) in [6.07, 6.45) is -4.68. The summed E-state index contributed by atoms with van der Waals surface area (Å²) in [5.41, 5.74) is 0.468. The molecule has 0 saturated carbocycles. The number of hydrogen-bond acceptors (Lipinski definition) is 4. The molecule has 0 radical (unpaired) electrons. The summed E-state index contributed by atoms with van der Waals surface area (Å²) in [7, 11) is -4.04. The Morgan fingerprint density at radius 1 is 1.09 bits per heavy atom. The molecule has 32 heavy (non-hydrogen) atoms. The number of benzene rings is 2. The highest BCUT2D eigenvalue weighted by molar-refractivity contribution is 7.89. The number of carbonyl (C=O) groups is 1. The zero-order chi connectivity index (χ0) is 24.1. The van der Waals surface area contributed by atoms with Gasteiger partial charge in [0.15, 0.2) is 0 Å². The molecule has 0 heterocycles. The van der Waals surface area contributed by atoms with E-state index in [1.54, 1.807) is 13.8 Å². The van der Waals surface area contributed by atoms with Crippen molar-refractivity contribution in [1.82, 2.24) is 9.21 Å². The standard InChI is InChI=1S/C21H21ClF3N3O3S/c1-3-28(4-2)32(30,31)19-11-17(9-10-18(19)22)20(29)27(14-21(23,24)25)13-16-7-5-15(12-26)6-8-16/h5-11H,3-4,13-14H2,1-2H3. The number of rotatable bonds is 8. The highest BCUT2D eigenvalue weighted by Crippen LogP contribution is 2.27. The molecular weight excluding hydrogens is 467 g/mol. The third-order valence-electron chi connectivity index (χ3n) is 4.62. The van der Waals surface area contributed by atoms with Crippen LogP contribution in [0.3, 0.4) is 0 Å². The lowest BCUT2D eigenvalue weighted by molar-refractivity contribution is -0.141. The van der Waals surface area contributed by atoms with E-state index in [0.717, 1.165) is 10.4 Å². The highest BCUT2D eigenvalue weighted by atomic mass is 35.5. The van der Waals surface area contributed by atoms with E-state index in [2.05, 4.69) is 0 Å². The highest BCUT2D eigenvalue weighted by Gasteiger charge is 2.34. The maximum Gasteiger partial charge on any atom is 0.406 e. The SMILES string of the molecule is CCN(CC)S(=O)(=O)c1cc(C(=O)N(Cc2ccc(C#N)cc2)CC(F)(F)F)ccc1Cl. The predicted molar refractivity (Wildman–Crippen MR) is 114 cm³/mol. The summed E-state index contributed by atoms with van der Waals surface area (Å²) in [6.45, 7) is 1.66. The van der Waals surface area contributed by atoms with Crippen LogP contribution in [-0.2, 0) is 16.6 Å². The van der Waals surface area contributed by atoms with Gasteiger partial charge in [-0.25, -0.2) is 8.42 Å². The van der Waals surface area contributed by atoms with Gasteiger partial charge in [-0.3, -0.25) is 4.79 Å². The fraction of sp³-hybridized carbons (Fsp3) is 0.333. The largest absolute Gasteiger partial charge is 0.406 e. The summed E-state index contributed by atoms with van der Waals surface area (Å²) in [6, 6.07) is 11.0. The molecule has 0 aliphatic rings. The molecule has 0 atom stereocenters. The van der Waals surface area contributed by atoms with Crippen molar-refractivity contribution in [3.05, 3.63) is 64.2 Å². The van der Waals surface area contributed by atoms with Crippen molar-refractivity contribution in [2.45, 2.75) is 31.5 Å². The Morgan fingerprint density at radius 2 is 1.69 bits per heavy atom. The lowest BCUT2D eigenvalue weighted by Gasteiger charge is -2.25. The Kier molecular flexibility index (Phi) is 8.29. The number of amides is 1. The van der Waals surface area contributed by atoms with Crippen LogP contribution in [0, 0.1) is 11.3 Å². The molecule has 2 rings (SSSR count). The van der Waals surface area contributed by atoms with Gasteiger partial charge in [-0.05, 0) is 35.9 Å². The van der Waals surface area contributed by atoms with Crippen LogP contribution < -0.4 is 0 Å². The molecule has 0 unspecified atom stereocenters. The van der Waals surface area contributed by atoms with Crippen molar-refractivity contribution in [3.63, 3.8) is 0 Å². The van der Waals surface area contributed by atoms with E-state index in [1.165, 1.54) is 36.4 Å². The molecule has 0 aromatic heterocycles. The Hall–Kier alpha value is -2.61. The van der Waals surface area contributed by atoms with Crippen molar-refractivity contribution in [2.75, 3.05) is 19.6 Å². The van der Waals surface area contributed by atoms with Crippen molar-refractivity contribution in [2.24, 2.45) is 0 Å². The smallest absolute Gasteiger partial charge is 0.325 e. The van der Waals surface area contributed by atoms with Crippen LogP contribution in [0.4, 0.5) is 13.2 Å². The first kappa shape index (κ1) is 25.6. The monoisotopic (exact) mass is 487 g/mol. The molecule has 2 aromatic rings. The van der Waals surface area contributed by atoms with Gasteiger partial charge in [0.05, 0.1) is 16.7 Å². The van der Waals surface area contributed by atoms with Crippen molar-refractivity contribution >= 4 is 27.5 Å². The van der Waals surface area contributed by atoms with Crippen LogP contribution in [0.25, 0.3) is 0 Å². The van der Waals surface area contributed by atoms with Crippen molar-refractivity contribution in [3.8, 4) is 6.07 Å². The van der Waals surface area contributed by atoms with E-state index in [9.17, 15) is 26.4 Å². The van der Waals surface area contributed by atoms with Gasteiger partial charge in [0.1, 0.15) is 11.4 Å². The van der Waals surface area contributed by atoms with Crippen molar-refractivity contribution < 1.29 is 26.4 Å². The zero-order valence-corrected chi connectivity index (χ0v) is 18.9. The number of sulfonamides is 1. The Balaban J connectivity index is 2.45. The van der Waals surface area contributed by atoms with Crippen LogP contribution in [-0.4, -0.2) is 49.3 Å². The molecule has 172 valence electrons. The summed E-state index contributed by atoms with van der Waals surface area (Å²) in [4.78, 5) is 13.2. The molecule has 2 aromatic carbocycles. The number of carbonyl (C=O) groups excluding carboxylic acids is 1. The quantitative estimate of drug-likeness (QED) is 0.551.